The zero-order valence-electron chi connectivity index (χ0n) is 18.1. The summed E-state index contributed by atoms with van der Waals surface area (Å²) in [6, 6.07) is 0. The third-order valence-electron chi connectivity index (χ3n) is 8.69. The minimum atomic E-state index is -0.241. The summed E-state index contributed by atoms with van der Waals surface area (Å²) in [4.78, 5) is 23.2. The Kier molecular flexibility index (Phi) is 6.22. The lowest BCUT2D eigenvalue weighted by atomic mass is 9.55. The zero-order valence-corrected chi connectivity index (χ0v) is 18.1. The molecule has 0 saturated heterocycles. The van der Waals surface area contributed by atoms with Crippen molar-refractivity contribution in [1.82, 2.24) is 0 Å². The van der Waals surface area contributed by atoms with Crippen LogP contribution in [-0.2, 0) is 9.59 Å². The molecule has 0 spiro atoms. The molecule has 0 bridgehead atoms. The molecular weight excluding hydrogens is 352 g/mol. The van der Waals surface area contributed by atoms with E-state index in [0.29, 0.717) is 24.5 Å². The van der Waals surface area contributed by atoms with Crippen LogP contribution in [0.1, 0.15) is 91.9 Å². The Bertz CT molecular complexity index is 666. The van der Waals surface area contributed by atoms with E-state index < -0.39 is 0 Å². The van der Waals surface area contributed by atoms with Crippen LogP contribution in [0.2, 0.25) is 0 Å². The number of aliphatic hydroxyl groups excluding tert-OH is 2. The van der Waals surface area contributed by atoms with Crippen molar-refractivity contribution in [3.05, 3.63) is 11.1 Å². The van der Waals surface area contributed by atoms with Gasteiger partial charge in [0, 0.05) is 24.2 Å². The fraction of sp³-hybridized carbons (Fsp3) is 0.833. The van der Waals surface area contributed by atoms with E-state index >= 15 is 0 Å². The van der Waals surface area contributed by atoms with E-state index in [1.165, 1.54) is 5.57 Å². The van der Waals surface area contributed by atoms with Crippen LogP contribution in [-0.4, -0.2) is 34.0 Å². The second-order valence-corrected chi connectivity index (χ2v) is 10.2. The van der Waals surface area contributed by atoms with E-state index in [0.717, 1.165) is 56.9 Å². The molecule has 0 aromatic rings. The van der Waals surface area contributed by atoms with Crippen LogP contribution in [0, 0.1) is 22.7 Å². The molecule has 158 valence electrons. The van der Waals surface area contributed by atoms with E-state index in [4.69, 9.17) is 0 Å². The Labute approximate surface area is 169 Å². The van der Waals surface area contributed by atoms with Gasteiger partial charge in [0.15, 0.2) is 5.78 Å². The second kappa shape index (κ2) is 8.02. The fourth-order valence-corrected chi connectivity index (χ4v) is 6.40. The van der Waals surface area contributed by atoms with Crippen LogP contribution in [0.25, 0.3) is 0 Å². The maximum absolute atomic E-state index is 11.6. The van der Waals surface area contributed by atoms with Crippen LogP contribution < -0.4 is 0 Å². The number of carbonyl (C=O) groups is 2. The van der Waals surface area contributed by atoms with Crippen molar-refractivity contribution >= 4 is 11.6 Å². The van der Waals surface area contributed by atoms with E-state index in [1.807, 2.05) is 13.8 Å². The van der Waals surface area contributed by atoms with Crippen LogP contribution in [0.3, 0.4) is 0 Å². The molecule has 0 heterocycles. The number of fused-ring (bicyclic) bond motifs is 2. The van der Waals surface area contributed by atoms with Gasteiger partial charge in [-0.2, -0.15) is 0 Å². The number of hydrogen-bond acceptors (Lipinski definition) is 4. The summed E-state index contributed by atoms with van der Waals surface area (Å²) in [6.45, 7) is 8.25. The molecule has 4 heteroatoms. The van der Waals surface area contributed by atoms with Crippen molar-refractivity contribution in [2.24, 2.45) is 22.7 Å². The number of carbonyl (C=O) groups excluding carboxylic acids is 2. The first-order valence-electron chi connectivity index (χ1n) is 11.2. The predicted molar refractivity (Wildman–Crippen MR) is 110 cm³/mol. The van der Waals surface area contributed by atoms with Gasteiger partial charge in [0.25, 0.3) is 0 Å². The zero-order chi connectivity index (χ0) is 20.7. The van der Waals surface area contributed by atoms with Crippen molar-refractivity contribution in [3.63, 3.8) is 0 Å². The molecule has 0 radical (unpaired) electrons. The van der Waals surface area contributed by atoms with Crippen LogP contribution >= 0.6 is 0 Å². The highest BCUT2D eigenvalue weighted by Crippen LogP contribution is 2.51. The summed E-state index contributed by atoms with van der Waals surface area (Å²) in [6.07, 6.45) is 8.64. The summed E-state index contributed by atoms with van der Waals surface area (Å²) >= 11 is 0. The molecule has 0 amide bonds. The molecule has 4 aliphatic rings. The minimum Gasteiger partial charge on any atom is -0.393 e. The van der Waals surface area contributed by atoms with Gasteiger partial charge in [0.1, 0.15) is 5.78 Å². The summed E-state index contributed by atoms with van der Waals surface area (Å²) < 4.78 is 0. The third-order valence-corrected chi connectivity index (χ3v) is 8.69. The average Bonchev–Trinajstić information content (AvgIpc) is 2.66. The summed E-state index contributed by atoms with van der Waals surface area (Å²) in [7, 11) is 0. The summed E-state index contributed by atoms with van der Waals surface area (Å²) in [5, 5.41) is 20.1. The molecular formula is C24H38O4. The molecule has 6 atom stereocenters. The van der Waals surface area contributed by atoms with Crippen molar-refractivity contribution < 1.29 is 19.8 Å². The normalized spacial score (nSPS) is 43.6. The molecule has 3 fully saturated rings. The topological polar surface area (TPSA) is 74.6 Å². The molecule has 4 rings (SSSR count). The van der Waals surface area contributed by atoms with Gasteiger partial charge in [0.2, 0.25) is 0 Å². The van der Waals surface area contributed by atoms with Gasteiger partial charge in [-0.05, 0) is 68.8 Å². The Hall–Kier alpha value is -1.00. The van der Waals surface area contributed by atoms with Crippen LogP contribution in [0.5, 0.6) is 0 Å². The van der Waals surface area contributed by atoms with Gasteiger partial charge < -0.3 is 10.2 Å². The average molecular weight is 391 g/mol. The largest absolute Gasteiger partial charge is 0.393 e. The van der Waals surface area contributed by atoms with Gasteiger partial charge in [-0.25, -0.2) is 0 Å². The van der Waals surface area contributed by atoms with Gasteiger partial charge in [-0.3, -0.25) is 9.59 Å². The van der Waals surface area contributed by atoms with E-state index in [9.17, 15) is 19.8 Å². The molecule has 1 unspecified atom stereocenters. The van der Waals surface area contributed by atoms with Crippen molar-refractivity contribution in [2.75, 3.05) is 0 Å². The molecule has 0 aliphatic heterocycles. The van der Waals surface area contributed by atoms with Crippen molar-refractivity contribution in [3.8, 4) is 0 Å². The Morgan fingerprint density at radius 2 is 1.57 bits per heavy atom. The lowest BCUT2D eigenvalue weighted by Gasteiger charge is -2.50. The first kappa shape index (κ1) is 21.7. The molecule has 2 N–H and O–H groups in total. The molecule has 0 aromatic carbocycles. The minimum absolute atomic E-state index is 0.0194. The summed E-state index contributed by atoms with van der Waals surface area (Å²) in [5.74, 6) is 1.28. The van der Waals surface area contributed by atoms with E-state index in [-0.39, 0.29) is 34.7 Å². The lowest BCUT2D eigenvalue weighted by molar-refractivity contribution is -0.140. The number of hydrogen-bond donors (Lipinski definition) is 2. The second-order valence-electron chi connectivity index (χ2n) is 10.2. The standard InChI is InChI=1S/C12H20O2.C12H18O2/c2*1-8-9-4-3-5-11(14)12(9,2)7-6-10(8)13/h8-9,11,14H,3-7H2,1-2H3;11,14H,3-7H2,1-2H3/t8-,9?,11-,12-;11-,12-/m00/s1. The summed E-state index contributed by atoms with van der Waals surface area (Å²) in [5.41, 5.74) is 2.08. The van der Waals surface area contributed by atoms with E-state index in [2.05, 4.69) is 13.8 Å². The number of allylic oxidation sites excluding steroid dienone is 1. The Balaban J connectivity index is 0.000000161. The van der Waals surface area contributed by atoms with E-state index in [1.54, 1.807) is 0 Å². The maximum atomic E-state index is 11.6. The fourth-order valence-electron chi connectivity index (χ4n) is 6.40. The van der Waals surface area contributed by atoms with Crippen LogP contribution in [0.15, 0.2) is 11.1 Å². The van der Waals surface area contributed by atoms with Crippen molar-refractivity contribution in [1.29, 1.82) is 0 Å². The molecule has 4 aliphatic carbocycles. The van der Waals surface area contributed by atoms with Crippen LogP contribution in [0.4, 0.5) is 0 Å². The number of aliphatic hydroxyl groups is 2. The van der Waals surface area contributed by atoms with Crippen molar-refractivity contribution in [2.45, 2.75) is 104 Å². The molecule has 4 nitrogen and oxygen atoms in total. The third kappa shape index (κ3) is 3.63. The monoisotopic (exact) mass is 390 g/mol. The molecule has 3 saturated carbocycles. The number of ketones is 2. The van der Waals surface area contributed by atoms with Gasteiger partial charge in [-0.1, -0.05) is 32.8 Å². The molecule has 0 aromatic heterocycles. The Morgan fingerprint density at radius 1 is 0.893 bits per heavy atom. The maximum Gasteiger partial charge on any atom is 0.158 e. The number of rotatable bonds is 0. The predicted octanol–water partition coefficient (Wildman–Crippen LogP) is 4.37. The number of Topliss-reactive ketones (excluding diaryl/α,β-unsaturated/α-hetero) is 2. The van der Waals surface area contributed by atoms with Gasteiger partial charge in [0.05, 0.1) is 12.2 Å². The molecule has 28 heavy (non-hydrogen) atoms. The Morgan fingerprint density at radius 3 is 2.29 bits per heavy atom. The highest BCUT2D eigenvalue weighted by atomic mass is 16.3. The first-order valence-corrected chi connectivity index (χ1v) is 11.2. The lowest BCUT2D eigenvalue weighted by Crippen LogP contribution is -2.50. The highest BCUT2D eigenvalue weighted by Gasteiger charge is 2.49. The highest BCUT2D eigenvalue weighted by molar-refractivity contribution is 5.96. The van der Waals surface area contributed by atoms with Gasteiger partial charge in [-0.15, -0.1) is 0 Å². The van der Waals surface area contributed by atoms with Gasteiger partial charge >= 0.3 is 0 Å². The smallest absolute Gasteiger partial charge is 0.158 e. The SMILES string of the molecule is CC1=C2CCC[C@H](O)[C@@]2(C)CCC1=O.C[C@@H]1C(=O)CC[C@@]2(C)C1CCC[C@@H]2O. The first-order chi connectivity index (χ1) is 13.1. The quantitative estimate of drug-likeness (QED) is 0.644.